The van der Waals surface area contributed by atoms with E-state index in [0.717, 1.165) is 24.4 Å². The second-order valence-electron chi connectivity index (χ2n) is 3.85. The van der Waals surface area contributed by atoms with Crippen molar-refractivity contribution in [3.05, 3.63) is 35.5 Å². The van der Waals surface area contributed by atoms with Crippen LogP contribution in [0.2, 0.25) is 2.82 Å². The number of nitrogens with one attached hydrogen (secondary N) is 2. The fourth-order valence-corrected chi connectivity index (χ4v) is 2.13. The molecule has 110 valence electrons. The van der Waals surface area contributed by atoms with Gasteiger partial charge < -0.3 is 9.88 Å². The number of aromatic nitrogens is 1. The normalized spacial score (nSPS) is 27.0. The third kappa shape index (κ3) is 3.59. The van der Waals surface area contributed by atoms with Gasteiger partial charge >= 0.3 is 0 Å². The summed E-state index contributed by atoms with van der Waals surface area (Å²) >= 11 is 0. The molecule has 0 radical (unpaired) electrons. The Morgan fingerprint density at radius 1 is 1.55 bits per heavy atom. The summed E-state index contributed by atoms with van der Waals surface area (Å²) in [6, 6.07) is 2.93. The van der Waals surface area contributed by atoms with Crippen LogP contribution in [0.1, 0.15) is 28.9 Å². The largest absolute Gasteiger partial charge is 0.361 e. The summed E-state index contributed by atoms with van der Waals surface area (Å²) in [4.78, 5) is 0.421. The molecule has 0 saturated heterocycles. The minimum Gasteiger partial charge on any atom is -0.361 e. The molecule has 0 saturated carbocycles. The highest BCUT2D eigenvalue weighted by molar-refractivity contribution is 7.88. The molecule has 0 aliphatic carbocycles. The Bertz CT molecular complexity index is 1180. The van der Waals surface area contributed by atoms with Gasteiger partial charge in [0.25, 0.3) is 0 Å². The lowest BCUT2D eigenvalue weighted by Gasteiger charge is -2.08. The maximum Gasteiger partial charge on any atom is 0.215 e. The first kappa shape index (κ1) is 4.83. The molecule has 0 unspecified atom stereocenters. The van der Waals surface area contributed by atoms with E-state index in [2.05, 4.69) is 0 Å². The molecular formula is C14H21N3O2S. The average Bonchev–Trinajstić information content (AvgIpc) is 2.91. The van der Waals surface area contributed by atoms with E-state index in [4.69, 9.17) is 20.6 Å². The second-order valence-corrected chi connectivity index (χ2v) is 5.19. The van der Waals surface area contributed by atoms with Gasteiger partial charge in [-0.25, -0.2) is 13.1 Å². The van der Waals surface area contributed by atoms with E-state index >= 15 is 0 Å². The summed E-state index contributed by atoms with van der Waals surface area (Å²) in [5, 5.41) is -0.109. The number of nitrogens with zero attached hydrogens (tertiary/aromatic N) is 1. The third-order valence-corrected chi connectivity index (χ3v) is 3.23. The molecule has 5 nitrogen and oxygen atoms in total. The Morgan fingerprint density at radius 2 is 2.40 bits per heavy atom. The van der Waals surface area contributed by atoms with Crippen molar-refractivity contribution >= 4 is 20.9 Å². The molecule has 2 rings (SSSR count). The number of likely N-dealkylation sites (N-methyl/N-ethyl adjacent to an activating group) is 1. The number of H-pyrrole nitrogens is 1. The lowest BCUT2D eigenvalue weighted by atomic mass is 10.1. The van der Waals surface area contributed by atoms with Gasteiger partial charge in [-0.2, -0.15) is 0 Å². The Hall–Kier alpha value is -1.37. The molecule has 0 bridgehead atoms. The molecule has 1 heterocycles. The van der Waals surface area contributed by atoms with Crippen LogP contribution >= 0.6 is 0 Å². The fourth-order valence-electron chi connectivity index (χ4n) is 1.66. The standard InChI is InChI=1S/C14H21N3O2S/c1-15-20(18,19)10-11-4-5-14-13(8-11)12(9-16-14)6-7-17(2)3/h4-5,8-9,15-16H,6-7,10H2,1-3H3/i1D3,2D3,3D3,7D2,10D2/hD2. The average molecular weight is 310 g/mol. The highest BCUT2D eigenvalue weighted by Crippen LogP contribution is 2.21. The number of hydrogen-bond acceptors (Lipinski definition) is 3. The molecule has 0 amide bonds. The van der Waals surface area contributed by atoms with Crippen LogP contribution in [0.3, 0.4) is 0 Å². The summed E-state index contributed by atoms with van der Waals surface area (Å²) in [6.45, 7) is -13.3. The Morgan fingerprint density at radius 3 is 3.15 bits per heavy atom. The number of aryl methyl sites for hydroxylation is 1. The van der Waals surface area contributed by atoms with E-state index in [1.165, 1.54) is 0 Å². The number of fused-ring (bicyclic) bond motifs is 1. The van der Waals surface area contributed by atoms with Crippen LogP contribution in [0.4, 0.5) is 0 Å². The summed E-state index contributed by atoms with van der Waals surface area (Å²) < 4.78 is 138. The maximum absolute atomic E-state index is 12.5. The molecule has 0 aliphatic rings. The smallest absolute Gasteiger partial charge is 0.215 e. The monoisotopic (exact) mass is 310 g/mol. The molecular weight excluding hydrogens is 274 g/mol. The van der Waals surface area contributed by atoms with Crippen molar-refractivity contribution < 1.29 is 29.1 Å². The van der Waals surface area contributed by atoms with E-state index in [1.807, 2.05) is 0 Å². The first-order valence-electron chi connectivity index (χ1n) is 12.7. The van der Waals surface area contributed by atoms with Gasteiger partial charge in [-0.1, -0.05) is 6.07 Å². The Balaban J connectivity index is 2.66. The number of aromatic amines is 1. The summed E-state index contributed by atoms with van der Waals surface area (Å²) in [6.07, 6.45) is 0.123. The highest BCUT2D eigenvalue weighted by atomic mass is 32.2. The van der Waals surface area contributed by atoms with Crippen molar-refractivity contribution in [3.8, 4) is 0 Å². The highest BCUT2D eigenvalue weighted by Gasteiger charge is 2.11. The van der Waals surface area contributed by atoms with Gasteiger partial charge in [-0.05, 0) is 50.6 Å². The molecule has 0 fully saturated rings. The van der Waals surface area contributed by atoms with Crippen LogP contribution in [0.25, 0.3) is 10.9 Å². The maximum atomic E-state index is 12.5. The van der Waals surface area contributed by atoms with Crippen molar-refractivity contribution in [2.24, 2.45) is 0 Å². The second kappa shape index (κ2) is 5.95. The van der Waals surface area contributed by atoms with Crippen molar-refractivity contribution in [3.63, 3.8) is 0 Å². The first-order chi connectivity index (χ1) is 15.3. The van der Waals surface area contributed by atoms with Gasteiger partial charge in [-0.3, -0.25) is 0 Å². The molecule has 2 aromatic rings. The SMILES string of the molecule is [2H]N(C([2H])([2H])[2H])S(=O)(=O)C([2H])([2H])c1ccc2c(c1)c(CC([2H])([2H])N(C([2H])([2H])[2H])C([2H])([2H])[2H])cn2[2H]. The van der Waals surface area contributed by atoms with Crippen molar-refractivity contribution in [1.82, 2.24) is 14.6 Å². The van der Waals surface area contributed by atoms with Crippen molar-refractivity contribution in [2.75, 3.05) is 27.4 Å². The number of hydrogen-bond donors (Lipinski definition) is 2. The van der Waals surface area contributed by atoms with Crippen LogP contribution in [0.15, 0.2) is 24.4 Å². The van der Waals surface area contributed by atoms with Gasteiger partial charge in [0.1, 0.15) is 1.41 Å². The number of sulfonamides is 1. The molecule has 2 N–H and O–H groups in total. The van der Waals surface area contributed by atoms with E-state index < -0.39 is 59.9 Å². The van der Waals surface area contributed by atoms with Gasteiger partial charge in [0, 0.05) is 41.4 Å². The molecule has 0 aliphatic heterocycles. The predicted octanol–water partition coefficient (Wildman–Crippen LogP) is 1.32. The van der Waals surface area contributed by atoms with Crippen LogP contribution in [0, 0.1) is 0 Å². The lowest BCUT2D eigenvalue weighted by molar-refractivity contribution is 0.414. The van der Waals surface area contributed by atoms with E-state index in [0.29, 0.717) is 4.98 Å². The molecule has 1 aromatic heterocycles. The van der Waals surface area contributed by atoms with Crippen LogP contribution in [-0.2, 0) is 22.1 Å². The zero-order valence-electron chi connectivity index (χ0n) is 25.1. The number of benzene rings is 1. The quantitative estimate of drug-likeness (QED) is 0.846. The van der Waals surface area contributed by atoms with Gasteiger partial charge in [0.05, 0.1) is 5.70 Å². The topological polar surface area (TPSA) is 65.2 Å². The van der Waals surface area contributed by atoms with E-state index in [9.17, 15) is 8.42 Å². The molecule has 0 atom stereocenters. The fraction of sp³-hybridized carbons (Fsp3) is 0.429. The molecule has 0 spiro atoms. The summed E-state index contributed by atoms with van der Waals surface area (Å²) in [5.41, 5.74) is -4.23. The van der Waals surface area contributed by atoms with Crippen LogP contribution < -0.4 is 4.72 Å². The lowest BCUT2D eigenvalue weighted by Crippen LogP contribution is -2.20. The first-order valence-corrected chi connectivity index (χ1v) is 6.77. The minimum atomic E-state index is -5.43. The van der Waals surface area contributed by atoms with E-state index in [-0.39, 0.29) is 21.4 Å². The zero-order valence-corrected chi connectivity index (χ0v) is 10.9. The molecule has 6 heteroatoms. The molecule has 20 heavy (non-hydrogen) atoms. The van der Waals surface area contributed by atoms with E-state index in [1.54, 1.807) is 0 Å². The number of rotatable bonds is 6. The Labute approximate surface area is 141 Å². The predicted molar refractivity (Wildman–Crippen MR) is 82.2 cm³/mol. The molecule has 1 aromatic carbocycles. The van der Waals surface area contributed by atoms with Crippen molar-refractivity contribution in [1.29, 1.82) is 0 Å². The summed E-state index contributed by atoms with van der Waals surface area (Å²) in [5.74, 6) is 0. The Kier molecular flexibility index (Phi) is 1.44. The van der Waals surface area contributed by atoms with Gasteiger partial charge in [0.15, 0.2) is 1.41 Å². The van der Waals surface area contributed by atoms with Crippen LogP contribution in [-0.4, -0.2) is 45.7 Å². The summed E-state index contributed by atoms with van der Waals surface area (Å²) in [7, 11) is -5.43. The van der Waals surface area contributed by atoms with Crippen molar-refractivity contribution in [2.45, 2.75) is 12.1 Å². The minimum absolute atomic E-state index is 0.0145. The third-order valence-electron chi connectivity index (χ3n) is 2.50. The van der Waals surface area contributed by atoms with Gasteiger partial charge in [0.2, 0.25) is 10.0 Å². The van der Waals surface area contributed by atoms with Gasteiger partial charge in [-0.15, -0.1) is 0 Å². The zero-order chi connectivity index (χ0) is 27.6. The van der Waals surface area contributed by atoms with Crippen LogP contribution in [0.5, 0.6) is 0 Å².